The number of hydrogen-bond donors (Lipinski definition) is 2. The van der Waals surface area contributed by atoms with Gasteiger partial charge in [-0.1, -0.05) is 6.42 Å². The summed E-state index contributed by atoms with van der Waals surface area (Å²) in [5.74, 6) is -1.90. The van der Waals surface area contributed by atoms with Crippen LogP contribution in [0.25, 0.3) is 0 Å². The van der Waals surface area contributed by atoms with Crippen molar-refractivity contribution in [1.29, 1.82) is 0 Å². The Balaban J connectivity index is 1.76. The minimum absolute atomic E-state index is 0.0489. The largest absolute Gasteiger partial charge is 0.478 e. The number of nitrogens with one attached hydrogen (secondary N) is 1. The highest BCUT2D eigenvalue weighted by molar-refractivity contribution is 5.88. The molecule has 2 fully saturated rings. The quantitative estimate of drug-likeness (QED) is 0.885. The fourth-order valence-corrected chi connectivity index (χ4v) is 4.08. The van der Waals surface area contributed by atoms with Crippen molar-refractivity contribution in [3.63, 3.8) is 0 Å². The van der Waals surface area contributed by atoms with Crippen LogP contribution in [0, 0.1) is 29.4 Å². The molecular weight excluding hydrogens is 276 g/mol. The minimum Gasteiger partial charge on any atom is -0.478 e. The molecule has 2 saturated carbocycles. The third-order valence-corrected chi connectivity index (χ3v) is 5.13. The number of fused-ring (bicyclic) bond motifs is 2. The second-order valence-electron chi connectivity index (χ2n) is 6.37. The molecule has 0 amide bonds. The summed E-state index contributed by atoms with van der Waals surface area (Å²) < 4.78 is 27.7. The molecule has 114 valence electrons. The topological polar surface area (TPSA) is 49.3 Å². The predicted octanol–water partition coefficient (Wildman–Crippen LogP) is 3.90. The lowest BCUT2D eigenvalue weighted by Crippen LogP contribution is -2.30. The molecule has 1 aromatic carbocycles. The van der Waals surface area contributed by atoms with E-state index in [1.54, 1.807) is 0 Å². The maximum atomic E-state index is 14.0. The van der Waals surface area contributed by atoms with Gasteiger partial charge in [-0.25, -0.2) is 13.6 Å². The molecular formula is C16H19F2NO2. The lowest BCUT2D eigenvalue weighted by Gasteiger charge is -2.29. The van der Waals surface area contributed by atoms with Crippen LogP contribution in [0.15, 0.2) is 12.1 Å². The van der Waals surface area contributed by atoms with Gasteiger partial charge in [0.25, 0.3) is 0 Å². The Hall–Kier alpha value is -1.65. The Kier molecular flexibility index (Phi) is 3.59. The van der Waals surface area contributed by atoms with Crippen molar-refractivity contribution in [2.24, 2.45) is 17.8 Å². The number of aromatic carboxylic acids is 1. The number of carbonyl (C=O) groups is 1. The maximum absolute atomic E-state index is 14.0. The van der Waals surface area contributed by atoms with Crippen LogP contribution in [-0.2, 0) is 0 Å². The molecule has 3 nitrogen and oxygen atoms in total. The number of benzene rings is 1. The monoisotopic (exact) mass is 295 g/mol. The van der Waals surface area contributed by atoms with E-state index >= 15 is 0 Å². The van der Waals surface area contributed by atoms with Gasteiger partial charge in [-0.3, -0.25) is 0 Å². The number of carboxylic acid groups (broad SMARTS) is 1. The summed E-state index contributed by atoms with van der Waals surface area (Å²) in [6.07, 6.45) is 4.93. The normalized spacial score (nSPS) is 28.6. The summed E-state index contributed by atoms with van der Waals surface area (Å²) in [5.41, 5.74) is -0.585. The molecule has 0 saturated heterocycles. The van der Waals surface area contributed by atoms with Crippen LogP contribution in [-0.4, -0.2) is 17.1 Å². The number of anilines is 1. The average Bonchev–Trinajstić information content (AvgIpc) is 3.06. The Morgan fingerprint density at radius 3 is 2.62 bits per heavy atom. The first-order chi connectivity index (χ1) is 9.97. The van der Waals surface area contributed by atoms with Crippen molar-refractivity contribution < 1.29 is 18.7 Å². The molecule has 2 aliphatic carbocycles. The van der Waals surface area contributed by atoms with Crippen LogP contribution in [0.4, 0.5) is 14.5 Å². The van der Waals surface area contributed by atoms with Crippen molar-refractivity contribution in [2.75, 3.05) is 5.32 Å². The smallest absolute Gasteiger partial charge is 0.338 e. The van der Waals surface area contributed by atoms with Crippen LogP contribution in [0.1, 0.15) is 43.0 Å². The number of rotatable bonds is 4. The summed E-state index contributed by atoms with van der Waals surface area (Å²) in [4.78, 5) is 10.8. The summed E-state index contributed by atoms with van der Waals surface area (Å²) in [6.45, 7) is 1.99. The second-order valence-corrected chi connectivity index (χ2v) is 6.37. The molecule has 0 radical (unpaired) electrons. The van der Waals surface area contributed by atoms with Crippen LogP contribution in [0.3, 0.4) is 0 Å². The molecule has 3 rings (SSSR count). The molecule has 0 aliphatic heterocycles. The van der Waals surface area contributed by atoms with Gasteiger partial charge < -0.3 is 10.4 Å². The van der Waals surface area contributed by atoms with E-state index in [0.717, 1.165) is 18.4 Å². The molecule has 0 aromatic heterocycles. The minimum atomic E-state index is -1.46. The van der Waals surface area contributed by atoms with Gasteiger partial charge in [0.2, 0.25) is 0 Å². The van der Waals surface area contributed by atoms with Gasteiger partial charge in [0.15, 0.2) is 11.6 Å². The molecule has 4 atom stereocenters. The van der Waals surface area contributed by atoms with Crippen molar-refractivity contribution in [2.45, 2.75) is 38.6 Å². The highest BCUT2D eigenvalue weighted by atomic mass is 19.2. The van der Waals surface area contributed by atoms with Crippen molar-refractivity contribution in [1.82, 2.24) is 0 Å². The maximum Gasteiger partial charge on any atom is 0.338 e. The predicted molar refractivity (Wildman–Crippen MR) is 75.3 cm³/mol. The molecule has 2 aliphatic rings. The van der Waals surface area contributed by atoms with E-state index in [9.17, 15) is 13.6 Å². The van der Waals surface area contributed by atoms with E-state index < -0.39 is 23.2 Å². The van der Waals surface area contributed by atoms with Gasteiger partial charge in [-0.15, -0.1) is 0 Å². The third-order valence-electron chi connectivity index (χ3n) is 5.13. The van der Waals surface area contributed by atoms with Gasteiger partial charge in [-0.2, -0.15) is 0 Å². The molecule has 2 N–H and O–H groups in total. The molecule has 1 aromatic rings. The van der Waals surface area contributed by atoms with Crippen LogP contribution in [0.2, 0.25) is 0 Å². The lowest BCUT2D eigenvalue weighted by molar-refractivity contribution is 0.0690. The molecule has 0 heterocycles. The Morgan fingerprint density at radius 1 is 1.29 bits per heavy atom. The zero-order chi connectivity index (χ0) is 15.1. The fourth-order valence-electron chi connectivity index (χ4n) is 4.08. The van der Waals surface area contributed by atoms with Crippen molar-refractivity contribution >= 4 is 11.7 Å². The summed E-state index contributed by atoms with van der Waals surface area (Å²) in [7, 11) is 0. The Labute approximate surface area is 122 Å². The first-order valence-corrected chi connectivity index (χ1v) is 7.45. The standard InChI is InChI=1S/C16H19F2NO2/c1-8(12-7-9-2-3-10(12)6-9)19-13-5-4-11(16(20)21)14(17)15(13)18/h4-5,8-10,12,19H,2-3,6-7H2,1H3,(H,20,21). The number of hydrogen-bond acceptors (Lipinski definition) is 2. The first-order valence-electron chi connectivity index (χ1n) is 7.45. The van der Waals surface area contributed by atoms with Gasteiger partial charge >= 0.3 is 5.97 Å². The third kappa shape index (κ3) is 2.49. The summed E-state index contributed by atoms with van der Waals surface area (Å²) >= 11 is 0. The summed E-state index contributed by atoms with van der Waals surface area (Å²) in [5, 5.41) is 11.8. The lowest BCUT2D eigenvalue weighted by atomic mass is 9.84. The fraction of sp³-hybridized carbons (Fsp3) is 0.562. The van der Waals surface area contributed by atoms with Crippen molar-refractivity contribution in [3.8, 4) is 0 Å². The molecule has 5 heteroatoms. The Bertz CT molecular complexity index is 576. The first kappa shape index (κ1) is 14.3. The van der Waals surface area contributed by atoms with E-state index in [2.05, 4.69) is 5.32 Å². The summed E-state index contributed by atoms with van der Waals surface area (Å²) in [6, 6.07) is 2.48. The number of carboxylic acids is 1. The van der Waals surface area contributed by atoms with Crippen LogP contribution < -0.4 is 5.32 Å². The molecule has 2 bridgehead atoms. The van der Waals surface area contributed by atoms with Crippen LogP contribution >= 0.6 is 0 Å². The van der Waals surface area contributed by atoms with E-state index in [0.29, 0.717) is 11.8 Å². The van der Waals surface area contributed by atoms with Gasteiger partial charge in [0.05, 0.1) is 11.3 Å². The van der Waals surface area contributed by atoms with E-state index in [-0.39, 0.29) is 11.7 Å². The zero-order valence-corrected chi connectivity index (χ0v) is 11.9. The molecule has 0 spiro atoms. The highest BCUT2D eigenvalue weighted by Crippen LogP contribution is 2.49. The number of halogens is 2. The zero-order valence-electron chi connectivity index (χ0n) is 11.9. The highest BCUT2D eigenvalue weighted by Gasteiger charge is 2.41. The van der Waals surface area contributed by atoms with E-state index in [1.165, 1.54) is 25.3 Å². The van der Waals surface area contributed by atoms with Gasteiger partial charge in [0, 0.05) is 6.04 Å². The van der Waals surface area contributed by atoms with E-state index in [1.807, 2.05) is 6.92 Å². The van der Waals surface area contributed by atoms with Crippen molar-refractivity contribution in [3.05, 3.63) is 29.3 Å². The molecule has 21 heavy (non-hydrogen) atoms. The van der Waals surface area contributed by atoms with Gasteiger partial charge in [-0.05, 0) is 56.1 Å². The van der Waals surface area contributed by atoms with Crippen LogP contribution in [0.5, 0.6) is 0 Å². The molecule has 4 unspecified atom stereocenters. The van der Waals surface area contributed by atoms with E-state index in [4.69, 9.17) is 5.11 Å². The SMILES string of the molecule is CC(Nc1ccc(C(=O)O)c(F)c1F)C1CC2CCC1C2. The second kappa shape index (κ2) is 5.28. The van der Waals surface area contributed by atoms with Gasteiger partial charge in [0.1, 0.15) is 0 Å². The Morgan fingerprint density at radius 2 is 2.05 bits per heavy atom. The average molecular weight is 295 g/mol.